The molecule has 0 amide bonds. The maximum atomic E-state index is 10.7. The van der Waals surface area contributed by atoms with E-state index in [0.29, 0.717) is 6.61 Å². The number of hydrogen-bond donors (Lipinski definition) is 1. The average molecular weight is 528 g/mol. The Morgan fingerprint density at radius 3 is 2.00 bits per heavy atom. The monoisotopic (exact) mass is 527 g/mol. The Morgan fingerprint density at radius 1 is 0.865 bits per heavy atom. The number of ether oxygens (including phenoxy) is 1. The molecule has 0 aliphatic carbocycles. The first kappa shape index (κ1) is 30.5. The first-order valence-corrected chi connectivity index (χ1v) is 14.3. The molecule has 0 aromatic heterocycles. The van der Waals surface area contributed by atoms with E-state index in [1.807, 2.05) is 61.5 Å². The van der Waals surface area contributed by atoms with E-state index < -0.39 is 16.2 Å². The van der Waals surface area contributed by atoms with E-state index in [4.69, 9.17) is 4.74 Å². The van der Waals surface area contributed by atoms with Gasteiger partial charge in [-0.15, -0.1) is 0 Å². The van der Waals surface area contributed by atoms with Crippen LogP contribution in [-0.2, 0) is 10.1 Å². The number of nitrogens with zero attached hydrogens (tertiary/aromatic N) is 1. The maximum absolute atomic E-state index is 10.7. The quantitative estimate of drug-likeness (QED) is 0.185. The van der Waals surface area contributed by atoms with Crippen molar-refractivity contribution >= 4 is 10.1 Å². The van der Waals surface area contributed by atoms with Crippen LogP contribution in [-0.4, -0.2) is 55.8 Å². The molecule has 0 heterocycles. The number of benzene rings is 3. The number of para-hydroxylation sites is 1. The van der Waals surface area contributed by atoms with E-state index >= 15 is 0 Å². The molecule has 0 aliphatic heterocycles. The van der Waals surface area contributed by atoms with Crippen LogP contribution in [0.2, 0.25) is 0 Å². The third kappa shape index (κ3) is 10.3. The zero-order valence-electron chi connectivity index (χ0n) is 22.5. The molecule has 0 spiro atoms. The van der Waals surface area contributed by atoms with Gasteiger partial charge in [0, 0.05) is 12.0 Å². The first-order chi connectivity index (χ1) is 17.6. The van der Waals surface area contributed by atoms with Gasteiger partial charge >= 0.3 is 0 Å². The third-order valence-electron chi connectivity index (χ3n) is 6.27. The Labute approximate surface area is 222 Å². The van der Waals surface area contributed by atoms with Gasteiger partial charge in [-0.3, -0.25) is 0 Å². The van der Waals surface area contributed by atoms with E-state index in [0.717, 1.165) is 39.9 Å². The molecule has 0 saturated carbocycles. The lowest BCUT2D eigenvalue weighted by Crippen LogP contribution is -2.46. The molecule has 1 atom stereocenters. The summed E-state index contributed by atoms with van der Waals surface area (Å²) in [5, 5.41) is 10.7. The van der Waals surface area contributed by atoms with Crippen molar-refractivity contribution in [2.24, 2.45) is 0 Å². The minimum absolute atomic E-state index is 0.178. The van der Waals surface area contributed by atoms with Gasteiger partial charge in [-0.05, 0) is 43.5 Å². The Kier molecular flexibility index (Phi) is 12.3. The number of aliphatic hydroxyl groups excluding tert-OH is 1. The third-order valence-corrected chi connectivity index (χ3v) is 7.11. The van der Waals surface area contributed by atoms with Gasteiger partial charge in [-0.25, -0.2) is 8.42 Å². The molecule has 6 nitrogen and oxygen atoms in total. The smallest absolute Gasteiger partial charge is 0.125 e. The summed E-state index contributed by atoms with van der Waals surface area (Å²) >= 11 is 0. The molecule has 0 bridgehead atoms. The molecule has 37 heavy (non-hydrogen) atoms. The summed E-state index contributed by atoms with van der Waals surface area (Å²) in [6.45, 7) is 10.6. The second-order valence-electron chi connectivity index (χ2n) is 9.61. The summed E-state index contributed by atoms with van der Waals surface area (Å²) in [5.74, 6) is 0.782. The van der Waals surface area contributed by atoms with Crippen LogP contribution in [0, 0.1) is 6.92 Å². The summed E-state index contributed by atoms with van der Waals surface area (Å²) in [5.41, 5.74) is 2.65. The molecule has 0 aliphatic rings. The lowest BCUT2D eigenvalue weighted by molar-refractivity contribution is -0.909. The first-order valence-electron chi connectivity index (χ1n) is 12.9. The Morgan fingerprint density at radius 2 is 1.43 bits per heavy atom. The number of hydrogen-bond acceptors (Lipinski definition) is 5. The van der Waals surface area contributed by atoms with Crippen molar-refractivity contribution in [1.82, 2.24) is 0 Å². The highest BCUT2D eigenvalue weighted by Gasteiger charge is 2.19. The van der Waals surface area contributed by atoms with Gasteiger partial charge < -0.3 is 18.9 Å². The van der Waals surface area contributed by atoms with Crippen molar-refractivity contribution in [1.29, 1.82) is 0 Å². The minimum Gasteiger partial charge on any atom is -0.744 e. The van der Waals surface area contributed by atoms with E-state index in [2.05, 4.69) is 20.9 Å². The Balaban J connectivity index is 0.000000364. The molecule has 202 valence electrons. The summed E-state index contributed by atoms with van der Waals surface area (Å²) < 4.78 is 38.3. The Hall–Kier alpha value is -2.71. The van der Waals surface area contributed by atoms with Crippen LogP contribution in [0.4, 0.5) is 0 Å². The van der Waals surface area contributed by atoms with E-state index in [9.17, 15) is 18.1 Å². The summed E-state index contributed by atoms with van der Waals surface area (Å²) in [6.07, 6.45) is 2.78. The molecule has 1 N–H and O–H groups in total. The van der Waals surface area contributed by atoms with Crippen molar-refractivity contribution < 1.29 is 27.3 Å². The molecule has 0 saturated heterocycles. The highest BCUT2D eigenvalue weighted by Crippen LogP contribution is 2.30. The molecule has 1 unspecified atom stereocenters. The van der Waals surface area contributed by atoms with Gasteiger partial charge in [-0.2, -0.15) is 0 Å². The minimum atomic E-state index is -4.27. The average Bonchev–Trinajstić information content (AvgIpc) is 2.87. The molecule has 3 rings (SSSR count). The normalized spacial score (nSPS) is 12.4. The van der Waals surface area contributed by atoms with Gasteiger partial charge in [0.05, 0.1) is 38.2 Å². The Bertz CT molecular complexity index is 1160. The lowest BCUT2D eigenvalue weighted by atomic mass is 10.0. The van der Waals surface area contributed by atoms with Crippen LogP contribution in [0.15, 0.2) is 83.8 Å². The molecule has 0 radical (unpaired) electrons. The molecule has 3 aromatic rings. The van der Waals surface area contributed by atoms with Gasteiger partial charge in [0.2, 0.25) is 0 Å². The van der Waals surface area contributed by atoms with Crippen molar-refractivity contribution in [3.8, 4) is 5.75 Å². The maximum Gasteiger partial charge on any atom is 0.125 e. The van der Waals surface area contributed by atoms with Crippen LogP contribution in [0.3, 0.4) is 0 Å². The number of rotatable bonds is 12. The zero-order chi connectivity index (χ0) is 27.3. The van der Waals surface area contributed by atoms with Crippen LogP contribution >= 0.6 is 0 Å². The van der Waals surface area contributed by atoms with Crippen LogP contribution in [0.5, 0.6) is 5.75 Å². The molecular formula is C30H41NO5S. The summed E-state index contributed by atoms with van der Waals surface area (Å²) in [6, 6.07) is 23.3. The van der Waals surface area contributed by atoms with E-state index in [1.165, 1.54) is 38.1 Å². The van der Waals surface area contributed by atoms with Gasteiger partial charge in [-0.1, -0.05) is 80.1 Å². The lowest BCUT2D eigenvalue weighted by Gasteiger charge is -2.34. The largest absolute Gasteiger partial charge is 0.744 e. The molecule has 0 fully saturated rings. The van der Waals surface area contributed by atoms with Crippen molar-refractivity contribution in [2.75, 3.05) is 33.3 Å². The fourth-order valence-electron chi connectivity index (χ4n) is 4.40. The van der Waals surface area contributed by atoms with Crippen LogP contribution < -0.4 is 4.74 Å². The van der Waals surface area contributed by atoms with Gasteiger partial charge in [0.25, 0.3) is 0 Å². The predicted molar refractivity (Wildman–Crippen MR) is 148 cm³/mol. The summed E-state index contributed by atoms with van der Waals surface area (Å²) in [4.78, 5) is -0.178. The standard InChI is InChI=1S/C23H34NO2.C7H8O3S/c1-4-16-24(3,17-5-2)18-11-19-26-22-15-10-9-14-21(22)23(25)20-12-7-6-8-13-20;1-6-2-4-7(5-3-6)11(8,9)10/h6-10,12-15,23,25H,4-5,11,16-19H2,1-3H3;2-5H,1H3,(H,8,9,10)/q+1;/p-1. The fourth-order valence-corrected chi connectivity index (χ4v) is 4.87. The molecule has 3 aromatic carbocycles. The van der Waals surface area contributed by atoms with Crippen LogP contribution in [0.25, 0.3) is 0 Å². The van der Waals surface area contributed by atoms with Crippen molar-refractivity contribution in [2.45, 2.75) is 51.0 Å². The van der Waals surface area contributed by atoms with Crippen molar-refractivity contribution in [3.63, 3.8) is 0 Å². The second kappa shape index (κ2) is 14.9. The van der Waals surface area contributed by atoms with Gasteiger partial charge in [0.1, 0.15) is 22.0 Å². The second-order valence-corrected chi connectivity index (χ2v) is 11.0. The molecular weight excluding hydrogens is 486 g/mol. The van der Waals surface area contributed by atoms with E-state index in [1.54, 1.807) is 12.1 Å². The number of aliphatic hydroxyl groups is 1. The highest BCUT2D eigenvalue weighted by atomic mass is 32.2. The zero-order valence-corrected chi connectivity index (χ0v) is 23.3. The number of aryl methyl sites for hydroxylation is 1. The fraction of sp³-hybridized carbons (Fsp3) is 0.400. The SMILES string of the molecule is CCC[N+](C)(CCC)CCCOc1ccccc1C(O)c1ccccc1.Cc1ccc(S(=O)(=O)[O-])cc1. The summed E-state index contributed by atoms with van der Waals surface area (Å²) in [7, 11) is -1.92. The van der Waals surface area contributed by atoms with Crippen molar-refractivity contribution in [3.05, 3.63) is 95.6 Å². The van der Waals surface area contributed by atoms with Gasteiger partial charge in [0.15, 0.2) is 0 Å². The van der Waals surface area contributed by atoms with E-state index in [-0.39, 0.29) is 4.90 Å². The molecule has 7 heteroatoms. The predicted octanol–water partition coefficient (Wildman–Crippen LogP) is 5.70. The van der Waals surface area contributed by atoms with Crippen LogP contribution in [0.1, 0.15) is 55.9 Å². The topological polar surface area (TPSA) is 86.7 Å². The highest BCUT2D eigenvalue weighted by molar-refractivity contribution is 7.85. The number of quaternary nitrogens is 1.